The maximum atomic E-state index is 12.4. The van der Waals surface area contributed by atoms with Gasteiger partial charge in [0.15, 0.2) is 5.78 Å². The van der Waals surface area contributed by atoms with Gasteiger partial charge in [-0.3, -0.25) is 14.4 Å². The Morgan fingerprint density at radius 3 is 2.56 bits per heavy atom. The molecule has 1 heterocycles. The SMILES string of the molecule is NC(=O)[C@@H]1CCCN(C(=O)CCC(=O)c2ccc3ccccc3c2)C1. The number of rotatable bonds is 5. The highest BCUT2D eigenvalue weighted by Gasteiger charge is 2.27. The van der Waals surface area contributed by atoms with Gasteiger partial charge in [0.05, 0.1) is 5.92 Å². The maximum absolute atomic E-state index is 12.4. The Bertz CT molecular complexity index is 815. The van der Waals surface area contributed by atoms with E-state index in [-0.39, 0.29) is 36.4 Å². The molecule has 2 amide bonds. The van der Waals surface area contributed by atoms with E-state index in [1.807, 2.05) is 36.4 Å². The lowest BCUT2D eigenvalue weighted by Crippen LogP contribution is -2.44. The Balaban J connectivity index is 1.59. The fourth-order valence-electron chi connectivity index (χ4n) is 3.32. The fourth-order valence-corrected chi connectivity index (χ4v) is 3.32. The molecular weight excluding hydrogens is 316 g/mol. The topological polar surface area (TPSA) is 80.5 Å². The molecule has 1 atom stereocenters. The van der Waals surface area contributed by atoms with Gasteiger partial charge in [-0.1, -0.05) is 36.4 Å². The summed E-state index contributed by atoms with van der Waals surface area (Å²) >= 11 is 0. The van der Waals surface area contributed by atoms with Crippen molar-refractivity contribution in [3.05, 3.63) is 48.0 Å². The van der Waals surface area contributed by atoms with Crippen molar-refractivity contribution >= 4 is 28.4 Å². The Morgan fingerprint density at radius 1 is 1.04 bits per heavy atom. The molecule has 0 aromatic heterocycles. The molecule has 25 heavy (non-hydrogen) atoms. The average Bonchev–Trinajstić information content (AvgIpc) is 2.65. The van der Waals surface area contributed by atoms with Crippen LogP contribution in [0.15, 0.2) is 42.5 Å². The van der Waals surface area contributed by atoms with Crippen LogP contribution >= 0.6 is 0 Å². The average molecular weight is 338 g/mol. The summed E-state index contributed by atoms with van der Waals surface area (Å²) in [4.78, 5) is 37.7. The van der Waals surface area contributed by atoms with Crippen LogP contribution < -0.4 is 5.73 Å². The number of carbonyl (C=O) groups excluding carboxylic acids is 3. The standard InChI is InChI=1S/C20H22N2O3/c21-20(25)17-6-3-11-22(13-17)19(24)10-9-18(23)16-8-7-14-4-1-2-5-15(14)12-16/h1-2,4-5,7-8,12,17H,3,6,9-11,13H2,(H2,21,25)/t17-/m1/s1. The summed E-state index contributed by atoms with van der Waals surface area (Å²) < 4.78 is 0. The Kier molecular flexibility index (Phi) is 5.12. The highest BCUT2D eigenvalue weighted by atomic mass is 16.2. The lowest BCUT2D eigenvalue weighted by molar-refractivity contribution is -0.134. The van der Waals surface area contributed by atoms with Crippen molar-refractivity contribution in [1.82, 2.24) is 4.90 Å². The van der Waals surface area contributed by atoms with E-state index >= 15 is 0 Å². The summed E-state index contributed by atoms with van der Waals surface area (Å²) in [5.41, 5.74) is 5.97. The zero-order chi connectivity index (χ0) is 17.8. The molecule has 1 fully saturated rings. The quantitative estimate of drug-likeness (QED) is 0.851. The van der Waals surface area contributed by atoms with Gasteiger partial charge in [0.2, 0.25) is 11.8 Å². The number of ketones is 1. The minimum Gasteiger partial charge on any atom is -0.369 e. The molecule has 130 valence electrons. The van der Waals surface area contributed by atoms with E-state index in [2.05, 4.69) is 0 Å². The monoisotopic (exact) mass is 338 g/mol. The number of piperidine rings is 1. The summed E-state index contributed by atoms with van der Waals surface area (Å²) in [6.45, 7) is 1.01. The third kappa shape index (κ3) is 4.05. The van der Waals surface area contributed by atoms with Gasteiger partial charge in [-0.05, 0) is 29.7 Å². The summed E-state index contributed by atoms with van der Waals surface area (Å²) in [7, 11) is 0. The van der Waals surface area contributed by atoms with Crippen molar-refractivity contribution < 1.29 is 14.4 Å². The van der Waals surface area contributed by atoms with Gasteiger partial charge in [-0.15, -0.1) is 0 Å². The van der Waals surface area contributed by atoms with Gasteiger partial charge in [-0.2, -0.15) is 0 Å². The molecule has 0 spiro atoms. The first-order chi connectivity index (χ1) is 12.0. The number of hydrogen-bond donors (Lipinski definition) is 1. The van der Waals surface area contributed by atoms with Crippen LogP contribution in [0.3, 0.4) is 0 Å². The molecular formula is C20H22N2O3. The minimum absolute atomic E-state index is 0.0393. The third-order valence-corrected chi connectivity index (χ3v) is 4.81. The van der Waals surface area contributed by atoms with E-state index < -0.39 is 0 Å². The van der Waals surface area contributed by atoms with Crippen molar-refractivity contribution in [2.45, 2.75) is 25.7 Å². The van der Waals surface area contributed by atoms with E-state index in [0.29, 0.717) is 18.7 Å². The number of hydrogen-bond acceptors (Lipinski definition) is 3. The summed E-state index contributed by atoms with van der Waals surface area (Å²) in [6.07, 6.45) is 1.85. The number of benzene rings is 2. The molecule has 2 N–H and O–H groups in total. The van der Waals surface area contributed by atoms with Gasteiger partial charge < -0.3 is 10.6 Å². The maximum Gasteiger partial charge on any atom is 0.223 e. The lowest BCUT2D eigenvalue weighted by Gasteiger charge is -2.31. The molecule has 0 aliphatic carbocycles. The first kappa shape index (κ1) is 17.1. The van der Waals surface area contributed by atoms with Gasteiger partial charge in [0, 0.05) is 31.5 Å². The Labute approximate surface area is 146 Å². The van der Waals surface area contributed by atoms with Crippen LogP contribution in [-0.4, -0.2) is 35.6 Å². The third-order valence-electron chi connectivity index (χ3n) is 4.81. The van der Waals surface area contributed by atoms with Crippen molar-refractivity contribution in [1.29, 1.82) is 0 Å². The van der Waals surface area contributed by atoms with Gasteiger partial charge in [0.25, 0.3) is 0 Å². The molecule has 0 bridgehead atoms. The van der Waals surface area contributed by atoms with Gasteiger partial charge in [0.1, 0.15) is 0 Å². The summed E-state index contributed by atoms with van der Waals surface area (Å²) in [5, 5.41) is 2.10. The number of amides is 2. The molecule has 5 heteroatoms. The lowest BCUT2D eigenvalue weighted by atomic mass is 9.96. The van der Waals surface area contributed by atoms with Crippen LogP contribution in [0.2, 0.25) is 0 Å². The molecule has 2 aromatic rings. The number of likely N-dealkylation sites (tertiary alicyclic amines) is 1. The second kappa shape index (κ2) is 7.47. The number of nitrogens with two attached hydrogens (primary N) is 1. The van der Waals surface area contributed by atoms with Crippen LogP contribution in [0.25, 0.3) is 10.8 Å². The van der Waals surface area contributed by atoms with E-state index in [4.69, 9.17) is 5.73 Å². The van der Waals surface area contributed by atoms with Crippen LogP contribution in [0.4, 0.5) is 0 Å². The first-order valence-electron chi connectivity index (χ1n) is 8.63. The normalized spacial score (nSPS) is 17.4. The fraction of sp³-hybridized carbons (Fsp3) is 0.350. The highest BCUT2D eigenvalue weighted by molar-refractivity contribution is 6.01. The Morgan fingerprint density at radius 2 is 1.80 bits per heavy atom. The molecule has 0 saturated carbocycles. The largest absolute Gasteiger partial charge is 0.369 e. The minimum atomic E-state index is -0.357. The van der Waals surface area contributed by atoms with Crippen molar-refractivity contribution in [3.8, 4) is 0 Å². The van der Waals surface area contributed by atoms with E-state index in [1.165, 1.54) is 0 Å². The van der Waals surface area contributed by atoms with Crippen LogP contribution in [-0.2, 0) is 9.59 Å². The number of fused-ring (bicyclic) bond motifs is 1. The molecule has 0 unspecified atom stereocenters. The zero-order valence-corrected chi connectivity index (χ0v) is 14.1. The van der Waals surface area contributed by atoms with E-state index in [1.54, 1.807) is 11.0 Å². The molecule has 2 aromatic carbocycles. The number of primary amides is 1. The molecule has 1 aliphatic rings. The highest BCUT2D eigenvalue weighted by Crippen LogP contribution is 2.19. The van der Waals surface area contributed by atoms with Gasteiger partial charge in [-0.25, -0.2) is 0 Å². The van der Waals surface area contributed by atoms with Crippen molar-refractivity contribution in [3.63, 3.8) is 0 Å². The van der Waals surface area contributed by atoms with E-state index in [0.717, 1.165) is 23.6 Å². The second-order valence-corrected chi connectivity index (χ2v) is 6.57. The number of carbonyl (C=O) groups is 3. The number of Topliss-reactive ketones (excluding diaryl/α,β-unsaturated/α-hetero) is 1. The molecule has 0 radical (unpaired) electrons. The van der Waals surface area contributed by atoms with E-state index in [9.17, 15) is 14.4 Å². The van der Waals surface area contributed by atoms with Crippen molar-refractivity contribution in [2.75, 3.05) is 13.1 Å². The molecule has 3 rings (SSSR count). The molecule has 5 nitrogen and oxygen atoms in total. The molecule has 1 saturated heterocycles. The predicted molar refractivity (Wildman–Crippen MR) is 96.0 cm³/mol. The predicted octanol–water partition coefficient (Wildman–Crippen LogP) is 2.53. The summed E-state index contributed by atoms with van der Waals surface area (Å²) in [5.74, 6) is -0.749. The van der Waals surface area contributed by atoms with Crippen LogP contribution in [0.5, 0.6) is 0 Å². The number of nitrogens with zero attached hydrogens (tertiary/aromatic N) is 1. The molecule has 1 aliphatic heterocycles. The second-order valence-electron chi connectivity index (χ2n) is 6.57. The smallest absolute Gasteiger partial charge is 0.223 e. The van der Waals surface area contributed by atoms with Crippen LogP contribution in [0.1, 0.15) is 36.0 Å². The Hall–Kier alpha value is -2.69. The zero-order valence-electron chi connectivity index (χ0n) is 14.1. The van der Waals surface area contributed by atoms with Crippen molar-refractivity contribution in [2.24, 2.45) is 11.7 Å². The van der Waals surface area contributed by atoms with Crippen LogP contribution in [0, 0.1) is 5.92 Å². The first-order valence-corrected chi connectivity index (χ1v) is 8.63. The summed E-state index contributed by atoms with van der Waals surface area (Å²) in [6, 6.07) is 13.5. The van der Waals surface area contributed by atoms with Gasteiger partial charge >= 0.3 is 0 Å².